The fourth-order valence-electron chi connectivity index (χ4n) is 3.30. The molecule has 1 unspecified atom stereocenters. The maximum absolute atomic E-state index is 12.0. The number of hydrogen-bond acceptors (Lipinski definition) is 3. The fraction of sp³-hybridized carbons (Fsp3) is 0.684. The first-order valence-corrected chi connectivity index (χ1v) is 9.30. The molecule has 2 amide bonds. The Kier molecular flexibility index (Phi) is 8.60. The first-order chi connectivity index (χ1) is 11.8. The molecule has 1 heterocycles. The van der Waals surface area contributed by atoms with Gasteiger partial charge in [-0.15, -0.1) is 0 Å². The molecule has 1 aliphatic rings. The molecule has 0 bridgehead atoms. The summed E-state index contributed by atoms with van der Waals surface area (Å²) >= 11 is 0. The minimum Gasteiger partial charge on any atom is -0.396 e. The first-order valence-electron chi connectivity index (χ1n) is 9.30. The molecule has 2 rings (SSSR count). The second-order valence-electron chi connectivity index (χ2n) is 6.88. The monoisotopic (exact) mass is 333 g/mol. The Morgan fingerprint density at radius 3 is 2.58 bits per heavy atom. The predicted molar refractivity (Wildman–Crippen MR) is 95.7 cm³/mol. The van der Waals surface area contributed by atoms with Gasteiger partial charge in [-0.3, -0.25) is 4.98 Å². The number of nitrogens with one attached hydrogen (secondary N) is 2. The molecule has 0 saturated heterocycles. The highest BCUT2D eigenvalue weighted by Crippen LogP contribution is 2.21. The summed E-state index contributed by atoms with van der Waals surface area (Å²) in [5.41, 5.74) is 0.938. The molecule has 0 radical (unpaired) electrons. The Morgan fingerprint density at radius 1 is 1.17 bits per heavy atom. The summed E-state index contributed by atoms with van der Waals surface area (Å²) in [5, 5.41) is 15.4. The molecule has 1 atom stereocenters. The van der Waals surface area contributed by atoms with Gasteiger partial charge in [0.25, 0.3) is 0 Å². The van der Waals surface area contributed by atoms with Crippen LogP contribution in [0.2, 0.25) is 0 Å². The number of urea groups is 1. The summed E-state index contributed by atoms with van der Waals surface area (Å²) < 4.78 is 0. The van der Waals surface area contributed by atoms with Gasteiger partial charge in [0.05, 0.1) is 0 Å². The van der Waals surface area contributed by atoms with E-state index in [0.29, 0.717) is 18.9 Å². The van der Waals surface area contributed by atoms with Crippen molar-refractivity contribution in [1.82, 2.24) is 15.6 Å². The average molecular weight is 333 g/mol. The smallest absolute Gasteiger partial charge is 0.314 e. The van der Waals surface area contributed by atoms with Crippen LogP contribution < -0.4 is 10.6 Å². The highest BCUT2D eigenvalue weighted by atomic mass is 16.3. The fourth-order valence-corrected chi connectivity index (χ4v) is 3.30. The van der Waals surface area contributed by atoms with E-state index in [-0.39, 0.29) is 18.6 Å². The third-order valence-corrected chi connectivity index (χ3v) is 4.81. The predicted octanol–water partition coefficient (Wildman–Crippen LogP) is 2.89. The van der Waals surface area contributed by atoms with Gasteiger partial charge >= 0.3 is 6.03 Å². The molecule has 1 aliphatic carbocycles. The SMILES string of the molecule is O=C(NCC1CCCCCCC1)NCC(CO)Cc1ccccn1. The normalized spacial score (nSPS) is 17.5. The van der Waals surface area contributed by atoms with Crippen molar-refractivity contribution < 1.29 is 9.90 Å². The number of aliphatic hydroxyl groups excluding tert-OH is 1. The van der Waals surface area contributed by atoms with E-state index in [9.17, 15) is 9.90 Å². The molecule has 134 valence electrons. The molecule has 24 heavy (non-hydrogen) atoms. The van der Waals surface area contributed by atoms with Crippen molar-refractivity contribution in [2.24, 2.45) is 11.8 Å². The van der Waals surface area contributed by atoms with E-state index >= 15 is 0 Å². The highest BCUT2D eigenvalue weighted by molar-refractivity contribution is 5.73. The molecule has 1 saturated carbocycles. The zero-order valence-electron chi connectivity index (χ0n) is 14.5. The molecule has 3 N–H and O–H groups in total. The van der Waals surface area contributed by atoms with Crippen molar-refractivity contribution in [2.45, 2.75) is 51.4 Å². The standard InChI is InChI=1S/C19H31N3O2/c23-15-17(12-18-10-6-7-11-20-18)14-22-19(24)21-13-16-8-4-2-1-3-5-9-16/h6-7,10-11,16-17,23H,1-5,8-9,12-15H2,(H2,21,22,24). The lowest BCUT2D eigenvalue weighted by Gasteiger charge is -2.20. The van der Waals surface area contributed by atoms with Crippen LogP contribution in [0.15, 0.2) is 24.4 Å². The van der Waals surface area contributed by atoms with E-state index in [0.717, 1.165) is 12.2 Å². The Hall–Kier alpha value is -1.62. The summed E-state index contributed by atoms with van der Waals surface area (Å²) in [4.78, 5) is 16.3. The van der Waals surface area contributed by atoms with E-state index in [1.807, 2.05) is 18.2 Å². The second kappa shape index (κ2) is 11.0. The Balaban J connectivity index is 1.65. The molecule has 0 aliphatic heterocycles. The van der Waals surface area contributed by atoms with Gasteiger partial charge in [0, 0.05) is 37.5 Å². The molecule has 0 aromatic carbocycles. The van der Waals surface area contributed by atoms with Crippen LogP contribution in [0.25, 0.3) is 0 Å². The number of carbonyl (C=O) groups excluding carboxylic acids is 1. The maximum Gasteiger partial charge on any atom is 0.314 e. The summed E-state index contributed by atoms with van der Waals surface area (Å²) in [5.74, 6) is 0.602. The van der Waals surface area contributed by atoms with Gasteiger partial charge < -0.3 is 15.7 Å². The minimum atomic E-state index is -0.128. The lowest BCUT2D eigenvalue weighted by atomic mass is 9.91. The van der Waals surface area contributed by atoms with Crippen LogP contribution in [0, 0.1) is 11.8 Å². The zero-order chi connectivity index (χ0) is 17.0. The van der Waals surface area contributed by atoms with E-state index in [1.54, 1.807) is 6.20 Å². The number of rotatable bonds is 7. The van der Waals surface area contributed by atoms with E-state index in [4.69, 9.17) is 0 Å². The number of hydrogen-bond donors (Lipinski definition) is 3. The third-order valence-electron chi connectivity index (χ3n) is 4.81. The van der Waals surface area contributed by atoms with Crippen LogP contribution in [-0.4, -0.2) is 35.8 Å². The van der Waals surface area contributed by atoms with Gasteiger partial charge in [0.2, 0.25) is 0 Å². The molecule has 1 aromatic rings. The van der Waals surface area contributed by atoms with Crippen LogP contribution in [0.4, 0.5) is 4.79 Å². The van der Waals surface area contributed by atoms with Gasteiger partial charge in [-0.25, -0.2) is 4.79 Å². The molecule has 0 spiro atoms. The summed E-state index contributed by atoms with van der Waals surface area (Å²) in [6, 6.07) is 5.62. The van der Waals surface area contributed by atoms with Gasteiger partial charge in [0.15, 0.2) is 0 Å². The lowest BCUT2D eigenvalue weighted by Crippen LogP contribution is -2.41. The molecule has 1 fully saturated rings. The number of nitrogens with zero attached hydrogens (tertiary/aromatic N) is 1. The van der Waals surface area contributed by atoms with E-state index in [1.165, 1.54) is 44.9 Å². The van der Waals surface area contributed by atoms with Crippen molar-refractivity contribution >= 4 is 6.03 Å². The van der Waals surface area contributed by atoms with Gasteiger partial charge in [-0.05, 0) is 37.3 Å². The van der Waals surface area contributed by atoms with Crippen LogP contribution in [0.3, 0.4) is 0 Å². The zero-order valence-corrected chi connectivity index (χ0v) is 14.5. The number of aromatic nitrogens is 1. The van der Waals surface area contributed by atoms with Crippen LogP contribution in [0.5, 0.6) is 0 Å². The third kappa shape index (κ3) is 7.30. The van der Waals surface area contributed by atoms with Crippen LogP contribution in [0.1, 0.15) is 50.6 Å². The van der Waals surface area contributed by atoms with Crippen molar-refractivity contribution in [1.29, 1.82) is 0 Å². The first kappa shape index (κ1) is 18.7. The maximum atomic E-state index is 12.0. The number of pyridine rings is 1. The van der Waals surface area contributed by atoms with Gasteiger partial charge in [-0.1, -0.05) is 38.2 Å². The largest absolute Gasteiger partial charge is 0.396 e. The van der Waals surface area contributed by atoms with Crippen LogP contribution >= 0.6 is 0 Å². The Labute approximate surface area is 145 Å². The Morgan fingerprint density at radius 2 is 1.92 bits per heavy atom. The second-order valence-corrected chi connectivity index (χ2v) is 6.88. The minimum absolute atomic E-state index is 0.00737. The molecular formula is C19H31N3O2. The van der Waals surface area contributed by atoms with Crippen molar-refractivity contribution in [3.8, 4) is 0 Å². The molecule has 5 nitrogen and oxygen atoms in total. The van der Waals surface area contributed by atoms with Crippen LogP contribution in [-0.2, 0) is 6.42 Å². The summed E-state index contributed by atoms with van der Waals surface area (Å²) in [6.45, 7) is 1.26. The van der Waals surface area contributed by atoms with E-state index in [2.05, 4.69) is 15.6 Å². The summed E-state index contributed by atoms with van der Waals surface area (Å²) in [7, 11) is 0. The molecule has 1 aromatic heterocycles. The number of aliphatic hydroxyl groups is 1. The van der Waals surface area contributed by atoms with Gasteiger partial charge in [0.1, 0.15) is 0 Å². The lowest BCUT2D eigenvalue weighted by molar-refractivity contribution is 0.212. The topological polar surface area (TPSA) is 74.2 Å². The van der Waals surface area contributed by atoms with Gasteiger partial charge in [-0.2, -0.15) is 0 Å². The average Bonchev–Trinajstić information content (AvgIpc) is 2.58. The number of carbonyl (C=O) groups is 1. The van der Waals surface area contributed by atoms with Crippen molar-refractivity contribution in [3.05, 3.63) is 30.1 Å². The number of amides is 2. The Bertz CT molecular complexity index is 459. The molecular weight excluding hydrogens is 302 g/mol. The highest BCUT2D eigenvalue weighted by Gasteiger charge is 2.14. The van der Waals surface area contributed by atoms with Crippen molar-refractivity contribution in [3.63, 3.8) is 0 Å². The van der Waals surface area contributed by atoms with Crippen molar-refractivity contribution in [2.75, 3.05) is 19.7 Å². The van der Waals surface area contributed by atoms with E-state index < -0.39 is 0 Å². The quantitative estimate of drug-likeness (QED) is 0.718. The summed E-state index contributed by atoms with van der Waals surface area (Å²) in [6.07, 6.45) is 11.4. The molecule has 5 heteroatoms.